The number of carbonyl (C=O) groups excluding carboxylic acids is 2. The van der Waals surface area contributed by atoms with Crippen molar-refractivity contribution in [2.24, 2.45) is 0 Å². The highest BCUT2D eigenvalue weighted by Crippen LogP contribution is 2.14. The van der Waals surface area contributed by atoms with Gasteiger partial charge in [-0.3, -0.25) is 9.78 Å². The predicted octanol–water partition coefficient (Wildman–Crippen LogP) is 2.21. The van der Waals surface area contributed by atoms with Crippen molar-refractivity contribution in [3.8, 4) is 5.75 Å². The van der Waals surface area contributed by atoms with Gasteiger partial charge in [0.05, 0.1) is 11.9 Å². The molecule has 0 saturated heterocycles. The summed E-state index contributed by atoms with van der Waals surface area (Å²) >= 11 is 0. The van der Waals surface area contributed by atoms with Crippen molar-refractivity contribution >= 4 is 11.8 Å². The van der Waals surface area contributed by atoms with Gasteiger partial charge in [0.2, 0.25) is 0 Å². The van der Waals surface area contributed by atoms with E-state index in [0.29, 0.717) is 11.3 Å². The SMILES string of the molecule is CC(=O)c1ccc(OC(=O)c2cnc(C)cn2)cc1. The van der Waals surface area contributed by atoms with E-state index in [0.717, 1.165) is 5.69 Å². The van der Waals surface area contributed by atoms with Gasteiger partial charge in [-0.25, -0.2) is 9.78 Å². The number of Topliss-reactive ketones (excluding diaryl/α,β-unsaturated/α-hetero) is 1. The molecule has 1 aromatic carbocycles. The summed E-state index contributed by atoms with van der Waals surface area (Å²) in [5, 5.41) is 0. The fraction of sp³-hybridized carbons (Fsp3) is 0.143. The zero-order valence-electron chi connectivity index (χ0n) is 10.6. The van der Waals surface area contributed by atoms with E-state index >= 15 is 0 Å². The maximum Gasteiger partial charge on any atom is 0.363 e. The van der Waals surface area contributed by atoms with Crippen LogP contribution in [0.15, 0.2) is 36.7 Å². The lowest BCUT2D eigenvalue weighted by Crippen LogP contribution is -2.11. The van der Waals surface area contributed by atoms with Crippen molar-refractivity contribution in [1.82, 2.24) is 9.97 Å². The van der Waals surface area contributed by atoms with Gasteiger partial charge in [-0.1, -0.05) is 0 Å². The summed E-state index contributed by atoms with van der Waals surface area (Å²) in [6.45, 7) is 3.26. The summed E-state index contributed by atoms with van der Waals surface area (Å²) in [5.74, 6) is -0.261. The Bertz CT molecular complexity index is 604. The van der Waals surface area contributed by atoms with Gasteiger partial charge in [0, 0.05) is 11.8 Å². The van der Waals surface area contributed by atoms with E-state index in [9.17, 15) is 9.59 Å². The van der Waals surface area contributed by atoms with E-state index < -0.39 is 5.97 Å². The zero-order valence-corrected chi connectivity index (χ0v) is 10.6. The first-order valence-electron chi connectivity index (χ1n) is 5.68. The van der Waals surface area contributed by atoms with Crippen LogP contribution in [-0.4, -0.2) is 21.7 Å². The van der Waals surface area contributed by atoms with Gasteiger partial charge in [0.25, 0.3) is 0 Å². The van der Waals surface area contributed by atoms with Gasteiger partial charge in [-0.15, -0.1) is 0 Å². The van der Waals surface area contributed by atoms with Crippen LogP contribution in [0.1, 0.15) is 33.5 Å². The average molecular weight is 256 g/mol. The third-order valence-electron chi connectivity index (χ3n) is 2.46. The molecule has 0 amide bonds. The Balaban J connectivity index is 2.10. The van der Waals surface area contributed by atoms with Gasteiger partial charge < -0.3 is 4.74 Å². The lowest BCUT2D eigenvalue weighted by Gasteiger charge is -2.04. The Morgan fingerprint density at radius 3 is 2.26 bits per heavy atom. The molecule has 96 valence electrons. The van der Waals surface area contributed by atoms with Crippen LogP contribution in [0.3, 0.4) is 0 Å². The zero-order chi connectivity index (χ0) is 13.8. The third-order valence-corrected chi connectivity index (χ3v) is 2.46. The van der Waals surface area contributed by atoms with E-state index in [4.69, 9.17) is 4.74 Å². The molecule has 0 radical (unpaired) electrons. The van der Waals surface area contributed by atoms with E-state index in [1.807, 2.05) is 0 Å². The van der Waals surface area contributed by atoms with E-state index in [-0.39, 0.29) is 11.5 Å². The van der Waals surface area contributed by atoms with Gasteiger partial charge in [-0.05, 0) is 38.1 Å². The quantitative estimate of drug-likeness (QED) is 0.478. The number of hydrogen-bond donors (Lipinski definition) is 0. The lowest BCUT2D eigenvalue weighted by atomic mass is 10.1. The molecule has 0 saturated carbocycles. The molecule has 5 heteroatoms. The summed E-state index contributed by atoms with van der Waals surface area (Å²) in [5.41, 5.74) is 1.43. The maximum absolute atomic E-state index is 11.8. The van der Waals surface area contributed by atoms with Crippen LogP contribution in [0.4, 0.5) is 0 Å². The Morgan fingerprint density at radius 2 is 1.74 bits per heavy atom. The molecule has 2 rings (SSSR count). The molecule has 1 heterocycles. The largest absolute Gasteiger partial charge is 0.422 e. The molecule has 0 N–H and O–H groups in total. The number of ketones is 1. The second-order valence-corrected chi connectivity index (χ2v) is 4.01. The average Bonchev–Trinajstić information content (AvgIpc) is 2.40. The molecule has 0 spiro atoms. The summed E-state index contributed by atoms with van der Waals surface area (Å²) in [7, 11) is 0. The normalized spacial score (nSPS) is 10.0. The summed E-state index contributed by atoms with van der Waals surface area (Å²) in [6.07, 6.45) is 2.86. The molecule has 0 unspecified atom stereocenters. The number of carbonyl (C=O) groups is 2. The number of aromatic nitrogens is 2. The minimum atomic E-state index is -0.580. The van der Waals surface area contributed by atoms with Crippen LogP contribution in [0.25, 0.3) is 0 Å². The Hall–Kier alpha value is -2.56. The molecule has 1 aromatic heterocycles. The summed E-state index contributed by atoms with van der Waals surface area (Å²) < 4.78 is 5.12. The molecular formula is C14H12N2O3. The molecule has 0 bridgehead atoms. The number of aryl methyl sites for hydroxylation is 1. The number of nitrogens with zero attached hydrogens (tertiary/aromatic N) is 2. The van der Waals surface area contributed by atoms with Crippen molar-refractivity contribution in [2.45, 2.75) is 13.8 Å². The molecule has 0 aliphatic rings. The first-order chi connectivity index (χ1) is 9.06. The van der Waals surface area contributed by atoms with Gasteiger partial charge >= 0.3 is 5.97 Å². The lowest BCUT2D eigenvalue weighted by molar-refractivity contribution is 0.0728. The van der Waals surface area contributed by atoms with Gasteiger partial charge in [-0.2, -0.15) is 0 Å². The van der Waals surface area contributed by atoms with Crippen LogP contribution < -0.4 is 4.74 Å². The minimum absolute atomic E-state index is 0.0396. The Morgan fingerprint density at radius 1 is 1.05 bits per heavy atom. The second kappa shape index (κ2) is 5.39. The maximum atomic E-state index is 11.8. The van der Waals surface area contributed by atoms with Crippen LogP contribution in [0.5, 0.6) is 5.75 Å². The highest BCUT2D eigenvalue weighted by molar-refractivity contribution is 5.94. The predicted molar refractivity (Wildman–Crippen MR) is 68.2 cm³/mol. The van der Waals surface area contributed by atoms with Crippen LogP contribution >= 0.6 is 0 Å². The summed E-state index contributed by atoms with van der Waals surface area (Å²) in [6, 6.07) is 6.34. The number of rotatable bonds is 3. The number of benzene rings is 1. The fourth-order valence-corrected chi connectivity index (χ4v) is 1.42. The second-order valence-electron chi connectivity index (χ2n) is 4.01. The standard InChI is InChI=1S/C14H12N2O3/c1-9-7-16-13(8-15-9)14(18)19-12-5-3-11(4-6-12)10(2)17/h3-8H,1-2H3. The van der Waals surface area contributed by atoms with Crippen molar-refractivity contribution < 1.29 is 14.3 Å². The number of ether oxygens (including phenoxy) is 1. The van der Waals surface area contributed by atoms with Crippen LogP contribution in [0.2, 0.25) is 0 Å². The van der Waals surface area contributed by atoms with Crippen molar-refractivity contribution in [2.75, 3.05) is 0 Å². The van der Waals surface area contributed by atoms with Crippen LogP contribution in [0, 0.1) is 6.92 Å². The van der Waals surface area contributed by atoms with Crippen molar-refractivity contribution in [3.63, 3.8) is 0 Å². The Labute approximate surface area is 110 Å². The topological polar surface area (TPSA) is 69.2 Å². The van der Waals surface area contributed by atoms with Gasteiger partial charge in [0.1, 0.15) is 5.75 Å². The molecule has 19 heavy (non-hydrogen) atoms. The molecule has 0 atom stereocenters. The minimum Gasteiger partial charge on any atom is -0.422 e. The first kappa shape index (κ1) is 12.9. The molecular weight excluding hydrogens is 244 g/mol. The molecule has 0 aliphatic heterocycles. The first-order valence-corrected chi connectivity index (χ1v) is 5.68. The third kappa shape index (κ3) is 3.22. The molecule has 2 aromatic rings. The highest BCUT2D eigenvalue weighted by atomic mass is 16.5. The van der Waals surface area contributed by atoms with E-state index in [1.165, 1.54) is 19.3 Å². The van der Waals surface area contributed by atoms with Crippen LogP contribution in [-0.2, 0) is 0 Å². The Kier molecular flexibility index (Phi) is 3.66. The van der Waals surface area contributed by atoms with E-state index in [1.54, 1.807) is 31.2 Å². The monoisotopic (exact) mass is 256 g/mol. The summed E-state index contributed by atoms with van der Waals surface area (Å²) in [4.78, 5) is 30.8. The van der Waals surface area contributed by atoms with Crippen molar-refractivity contribution in [3.05, 3.63) is 53.6 Å². The number of hydrogen-bond acceptors (Lipinski definition) is 5. The number of esters is 1. The van der Waals surface area contributed by atoms with Gasteiger partial charge in [0.15, 0.2) is 11.5 Å². The molecule has 0 fully saturated rings. The van der Waals surface area contributed by atoms with Crippen molar-refractivity contribution in [1.29, 1.82) is 0 Å². The fourth-order valence-electron chi connectivity index (χ4n) is 1.42. The molecule has 5 nitrogen and oxygen atoms in total. The van der Waals surface area contributed by atoms with E-state index in [2.05, 4.69) is 9.97 Å². The molecule has 0 aliphatic carbocycles. The smallest absolute Gasteiger partial charge is 0.363 e. The highest BCUT2D eigenvalue weighted by Gasteiger charge is 2.10.